The van der Waals surface area contributed by atoms with Crippen molar-refractivity contribution >= 4 is 23.4 Å². The Kier molecular flexibility index (Phi) is 3.58. The van der Waals surface area contributed by atoms with Gasteiger partial charge in [-0.3, -0.25) is 4.79 Å². The molecule has 88 valence electrons. The van der Waals surface area contributed by atoms with Crippen LogP contribution >= 0.6 is 11.5 Å². The number of rotatable bonds is 4. The van der Waals surface area contributed by atoms with Gasteiger partial charge in [-0.05, 0) is 32.3 Å². The first-order valence-corrected chi connectivity index (χ1v) is 5.51. The van der Waals surface area contributed by atoms with Crippen LogP contribution in [0.3, 0.4) is 0 Å². The highest BCUT2D eigenvalue weighted by Gasteiger charge is 2.37. The summed E-state index contributed by atoms with van der Waals surface area (Å²) < 4.78 is 3.58. The Morgan fingerprint density at radius 3 is 2.56 bits per heavy atom. The molecule has 1 aromatic rings. The van der Waals surface area contributed by atoms with Gasteiger partial charge >= 0.3 is 5.97 Å². The average molecular weight is 243 g/mol. The van der Waals surface area contributed by atoms with E-state index in [0.717, 1.165) is 11.5 Å². The Morgan fingerprint density at radius 1 is 1.56 bits per heavy atom. The zero-order valence-corrected chi connectivity index (χ0v) is 10.1. The van der Waals surface area contributed by atoms with Gasteiger partial charge in [0.05, 0.1) is 6.20 Å². The minimum absolute atomic E-state index is 0.316. The highest BCUT2D eigenvalue weighted by Crippen LogP contribution is 2.18. The Bertz CT molecular complexity index is 389. The molecular formula is C9H13N3O3S. The van der Waals surface area contributed by atoms with Crippen molar-refractivity contribution in [1.29, 1.82) is 0 Å². The van der Waals surface area contributed by atoms with Crippen molar-refractivity contribution in [2.24, 2.45) is 0 Å². The van der Waals surface area contributed by atoms with Gasteiger partial charge in [0, 0.05) is 6.54 Å². The molecule has 1 N–H and O–H groups in total. The lowest BCUT2D eigenvalue weighted by Crippen LogP contribution is -2.52. The fourth-order valence-corrected chi connectivity index (χ4v) is 1.77. The molecule has 1 aromatic heterocycles. The summed E-state index contributed by atoms with van der Waals surface area (Å²) in [5.74, 6) is -1.40. The molecular weight excluding hydrogens is 230 g/mol. The summed E-state index contributed by atoms with van der Waals surface area (Å²) >= 11 is 0.957. The third-order valence-electron chi connectivity index (χ3n) is 2.33. The Balaban J connectivity index is 3.00. The molecule has 0 aliphatic heterocycles. The van der Waals surface area contributed by atoms with Crippen LogP contribution in [-0.2, 0) is 4.79 Å². The fraction of sp³-hybridized carbons (Fsp3) is 0.556. The van der Waals surface area contributed by atoms with Gasteiger partial charge in [-0.25, -0.2) is 4.79 Å². The van der Waals surface area contributed by atoms with Crippen LogP contribution in [0, 0.1) is 0 Å². The molecule has 16 heavy (non-hydrogen) atoms. The summed E-state index contributed by atoms with van der Waals surface area (Å²) in [7, 11) is 0. The average Bonchev–Trinajstić information content (AvgIpc) is 2.70. The van der Waals surface area contributed by atoms with Gasteiger partial charge in [0.1, 0.15) is 10.4 Å². The van der Waals surface area contributed by atoms with Gasteiger partial charge in [0.25, 0.3) is 5.91 Å². The predicted molar refractivity (Wildman–Crippen MR) is 58.3 cm³/mol. The van der Waals surface area contributed by atoms with E-state index in [-0.39, 0.29) is 5.91 Å². The van der Waals surface area contributed by atoms with Crippen LogP contribution in [0.15, 0.2) is 6.20 Å². The minimum atomic E-state index is -1.24. The maximum atomic E-state index is 12.0. The number of amides is 1. The van der Waals surface area contributed by atoms with E-state index in [1.807, 2.05) is 0 Å². The second-order valence-electron chi connectivity index (χ2n) is 3.70. The Labute approximate surface area is 97.1 Å². The highest BCUT2D eigenvalue weighted by atomic mass is 32.1. The van der Waals surface area contributed by atoms with E-state index in [1.165, 1.54) is 24.9 Å². The number of carbonyl (C=O) groups is 2. The molecule has 0 aromatic carbocycles. The Morgan fingerprint density at radius 2 is 2.19 bits per heavy atom. The van der Waals surface area contributed by atoms with E-state index in [4.69, 9.17) is 5.11 Å². The summed E-state index contributed by atoms with van der Waals surface area (Å²) in [6, 6.07) is 0. The molecule has 7 heteroatoms. The number of carboxylic acid groups (broad SMARTS) is 1. The number of hydrogen-bond acceptors (Lipinski definition) is 5. The first-order valence-electron chi connectivity index (χ1n) is 4.74. The minimum Gasteiger partial charge on any atom is -0.480 e. The molecule has 0 atom stereocenters. The normalized spacial score (nSPS) is 11.2. The van der Waals surface area contributed by atoms with Crippen LogP contribution in [0.4, 0.5) is 0 Å². The molecule has 0 aliphatic carbocycles. The largest absolute Gasteiger partial charge is 0.480 e. The molecule has 1 amide bonds. The van der Waals surface area contributed by atoms with Crippen molar-refractivity contribution in [2.75, 3.05) is 6.54 Å². The fourth-order valence-electron chi connectivity index (χ4n) is 1.30. The molecule has 0 unspecified atom stereocenters. The molecule has 0 fully saturated rings. The number of nitrogens with zero attached hydrogens (tertiary/aromatic N) is 3. The van der Waals surface area contributed by atoms with Gasteiger partial charge in [-0.15, -0.1) is 5.10 Å². The van der Waals surface area contributed by atoms with Crippen LogP contribution in [0.1, 0.15) is 30.4 Å². The number of hydrogen-bond donors (Lipinski definition) is 1. The number of aromatic nitrogens is 2. The summed E-state index contributed by atoms with van der Waals surface area (Å²) in [5.41, 5.74) is -1.24. The van der Waals surface area contributed by atoms with E-state index in [0.29, 0.717) is 11.4 Å². The van der Waals surface area contributed by atoms with Crippen LogP contribution in [0.25, 0.3) is 0 Å². The van der Waals surface area contributed by atoms with Crippen LogP contribution < -0.4 is 0 Å². The maximum absolute atomic E-state index is 12.0. The topological polar surface area (TPSA) is 83.4 Å². The molecule has 0 bridgehead atoms. The third kappa shape index (κ3) is 2.19. The summed E-state index contributed by atoms with van der Waals surface area (Å²) in [5, 5.41) is 12.6. The first-order chi connectivity index (χ1) is 7.41. The molecule has 6 nitrogen and oxygen atoms in total. The SMILES string of the molecule is CCN(C(=O)c1cnns1)C(C)(C)C(=O)O. The molecule has 1 heterocycles. The smallest absolute Gasteiger partial charge is 0.329 e. The number of carboxylic acids is 1. The first kappa shape index (κ1) is 12.6. The summed E-state index contributed by atoms with van der Waals surface area (Å²) in [4.78, 5) is 24.7. The van der Waals surface area contributed by atoms with Crippen molar-refractivity contribution in [2.45, 2.75) is 26.3 Å². The zero-order valence-electron chi connectivity index (χ0n) is 9.30. The lowest BCUT2D eigenvalue weighted by atomic mass is 10.0. The van der Waals surface area contributed by atoms with E-state index in [1.54, 1.807) is 6.92 Å². The molecule has 0 aliphatic rings. The third-order valence-corrected chi connectivity index (χ3v) is 2.98. The standard InChI is InChI=1S/C9H13N3O3S/c1-4-12(9(2,3)8(14)15)7(13)6-5-10-11-16-6/h5H,4H2,1-3H3,(H,14,15). The second kappa shape index (κ2) is 4.56. The van der Waals surface area contributed by atoms with Gasteiger partial charge < -0.3 is 10.0 Å². The lowest BCUT2D eigenvalue weighted by molar-refractivity contribution is -0.147. The van der Waals surface area contributed by atoms with Crippen molar-refractivity contribution < 1.29 is 14.7 Å². The maximum Gasteiger partial charge on any atom is 0.329 e. The van der Waals surface area contributed by atoms with Gasteiger partial charge in [0.2, 0.25) is 0 Å². The van der Waals surface area contributed by atoms with Gasteiger partial charge in [-0.2, -0.15) is 0 Å². The predicted octanol–water partition coefficient (Wildman–Crippen LogP) is 0.863. The summed E-state index contributed by atoms with van der Waals surface area (Å²) in [6.45, 7) is 5.03. The van der Waals surface area contributed by atoms with Crippen molar-refractivity contribution in [1.82, 2.24) is 14.5 Å². The van der Waals surface area contributed by atoms with Crippen LogP contribution in [-0.4, -0.2) is 43.6 Å². The molecule has 0 saturated carbocycles. The van der Waals surface area contributed by atoms with Crippen LogP contribution in [0.5, 0.6) is 0 Å². The number of likely N-dealkylation sites (N-methyl/N-ethyl adjacent to an activating group) is 1. The summed E-state index contributed by atoms with van der Waals surface area (Å²) in [6.07, 6.45) is 1.34. The van der Waals surface area contributed by atoms with Crippen molar-refractivity contribution in [3.63, 3.8) is 0 Å². The second-order valence-corrected chi connectivity index (χ2v) is 4.48. The monoisotopic (exact) mass is 243 g/mol. The lowest BCUT2D eigenvalue weighted by Gasteiger charge is -2.33. The van der Waals surface area contributed by atoms with Gasteiger partial charge in [0.15, 0.2) is 0 Å². The number of aliphatic carboxylic acids is 1. The van der Waals surface area contributed by atoms with E-state index in [9.17, 15) is 9.59 Å². The van der Waals surface area contributed by atoms with E-state index < -0.39 is 11.5 Å². The zero-order chi connectivity index (χ0) is 12.3. The molecule has 0 radical (unpaired) electrons. The highest BCUT2D eigenvalue weighted by molar-refractivity contribution is 7.07. The Hall–Kier alpha value is -1.50. The van der Waals surface area contributed by atoms with Crippen LogP contribution in [0.2, 0.25) is 0 Å². The molecule has 0 spiro atoms. The van der Waals surface area contributed by atoms with Crippen molar-refractivity contribution in [3.05, 3.63) is 11.1 Å². The van der Waals surface area contributed by atoms with E-state index >= 15 is 0 Å². The van der Waals surface area contributed by atoms with E-state index in [2.05, 4.69) is 9.59 Å². The van der Waals surface area contributed by atoms with Crippen molar-refractivity contribution in [3.8, 4) is 0 Å². The van der Waals surface area contributed by atoms with Gasteiger partial charge in [-0.1, -0.05) is 4.49 Å². The number of carbonyl (C=O) groups excluding carboxylic acids is 1. The molecule has 0 saturated heterocycles. The molecule has 1 rings (SSSR count). The quantitative estimate of drug-likeness (QED) is 0.848.